The van der Waals surface area contributed by atoms with Gasteiger partial charge in [-0.3, -0.25) is 9.05 Å². The second-order valence-electron chi connectivity index (χ2n) is 4.89. The lowest BCUT2D eigenvalue weighted by atomic mass is 10.0. The van der Waals surface area contributed by atoms with Gasteiger partial charge in [-0.2, -0.15) is 0 Å². The maximum absolute atomic E-state index is 11.6. The van der Waals surface area contributed by atoms with E-state index in [1.165, 1.54) is 0 Å². The monoisotopic (exact) mass is 392 g/mol. The Bertz CT molecular complexity index is 459. The molecule has 25 heavy (non-hydrogen) atoms. The zero-order chi connectivity index (χ0) is 19.8. The van der Waals surface area contributed by atoms with Crippen LogP contribution in [-0.2, 0) is 23.2 Å². The lowest BCUT2D eigenvalue weighted by Gasteiger charge is -2.26. The van der Waals surface area contributed by atoms with Crippen molar-refractivity contribution >= 4 is 20.4 Å². The third-order valence-electron chi connectivity index (χ3n) is 2.95. The van der Waals surface area contributed by atoms with E-state index in [2.05, 4.69) is 9.05 Å². The number of carbonyl (C=O) groups excluding carboxylic acids is 2. The molecule has 1 unspecified atom stereocenters. The molecule has 0 fully saturated rings. The summed E-state index contributed by atoms with van der Waals surface area (Å²) in [5, 5.41) is 64.4. The molecule has 0 amide bonds. The van der Waals surface area contributed by atoms with Gasteiger partial charge in [0.15, 0.2) is 18.7 Å². The second kappa shape index (κ2) is 11.0. The second-order valence-corrected chi connectivity index (χ2v) is 6.29. The Labute approximate surface area is 141 Å². The molecular weight excluding hydrogens is 371 g/mol. The smallest absolute Gasteiger partial charge is 0.394 e. The van der Waals surface area contributed by atoms with Crippen molar-refractivity contribution in [2.45, 2.75) is 42.7 Å². The summed E-state index contributed by atoms with van der Waals surface area (Å²) >= 11 is 0. The van der Waals surface area contributed by atoms with Crippen molar-refractivity contribution in [3.05, 3.63) is 0 Å². The summed E-state index contributed by atoms with van der Waals surface area (Å²) in [6.45, 7) is -2.12. The maximum Gasteiger partial charge on any atom is 0.473 e. The molecule has 8 N–H and O–H groups in total. The van der Waals surface area contributed by atoms with Crippen molar-refractivity contribution < 1.29 is 63.8 Å². The number of phosphoric ester groups is 1. The normalized spacial score (nSPS) is 22.7. The number of phosphoric acid groups is 1. The number of hydrogen-bond acceptors (Lipinski definition) is 12. The highest BCUT2D eigenvalue weighted by molar-refractivity contribution is 7.47. The van der Waals surface area contributed by atoms with Gasteiger partial charge in [0.2, 0.25) is 0 Å². The largest absolute Gasteiger partial charge is 0.473 e. The van der Waals surface area contributed by atoms with Crippen LogP contribution in [0.1, 0.15) is 0 Å². The van der Waals surface area contributed by atoms with Crippen LogP contribution in [0.4, 0.5) is 0 Å². The van der Waals surface area contributed by atoms with Gasteiger partial charge in [-0.05, 0) is 0 Å². The molecule has 0 spiro atoms. The van der Waals surface area contributed by atoms with E-state index in [1.807, 2.05) is 0 Å². The van der Waals surface area contributed by atoms with Crippen molar-refractivity contribution in [3.8, 4) is 0 Å². The average molecular weight is 392 g/mol. The van der Waals surface area contributed by atoms with Crippen molar-refractivity contribution in [1.82, 2.24) is 0 Å². The van der Waals surface area contributed by atoms with Crippen LogP contribution < -0.4 is 0 Å². The number of rotatable bonds is 13. The standard InChI is InChI=1S/C11H21O13P/c12-1-5(15)9(18)8(3-14)24-25(21,22)23-4-7(17)11(20)10(19)6(16)2-13/h2-3,5-12,15-20H,1,4H2,(H,21,22)/t5-,6+,7-,8+,9+,10-,11-/m1/s1. The highest BCUT2D eigenvalue weighted by atomic mass is 31.2. The molecule has 13 nitrogen and oxygen atoms in total. The minimum absolute atomic E-state index is 0.121. The van der Waals surface area contributed by atoms with E-state index >= 15 is 0 Å². The zero-order valence-corrected chi connectivity index (χ0v) is 13.6. The van der Waals surface area contributed by atoms with E-state index in [-0.39, 0.29) is 12.6 Å². The molecule has 0 rings (SSSR count). The quantitative estimate of drug-likeness (QED) is 0.108. The summed E-state index contributed by atoms with van der Waals surface area (Å²) in [7, 11) is -5.09. The van der Waals surface area contributed by atoms with Gasteiger partial charge in [0.1, 0.15) is 36.6 Å². The molecule has 0 heterocycles. The minimum atomic E-state index is -5.09. The SMILES string of the molecule is O=C[C@H](OP(=O)(O)OC[C@@H](O)[C@@H](O)[C@H](O)[C@@H](O)C=O)[C@@H](O)[C@H](O)CO. The van der Waals surface area contributed by atoms with Crippen molar-refractivity contribution in [2.75, 3.05) is 13.2 Å². The Hall–Kier alpha value is -0.830. The van der Waals surface area contributed by atoms with E-state index in [0.717, 1.165) is 0 Å². The van der Waals surface area contributed by atoms with E-state index in [0.29, 0.717) is 0 Å². The summed E-state index contributed by atoms with van der Waals surface area (Å²) in [4.78, 5) is 30.4. The first-order valence-corrected chi connectivity index (χ1v) is 8.25. The van der Waals surface area contributed by atoms with Crippen LogP contribution in [0.3, 0.4) is 0 Å². The van der Waals surface area contributed by atoms with Crippen LogP contribution >= 0.6 is 7.82 Å². The maximum atomic E-state index is 11.6. The van der Waals surface area contributed by atoms with Crippen LogP contribution in [0.25, 0.3) is 0 Å². The molecule has 0 aromatic rings. The Morgan fingerprint density at radius 2 is 1.44 bits per heavy atom. The van der Waals surface area contributed by atoms with Gasteiger partial charge >= 0.3 is 7.82 Å². The molecular formula is C11H21O13P. The number of aliphatic hydroxyl groups excluding tert-OH is 7. The van der Waals surface area contributed by atoms with Crippen molar-refractivity contribution in [2.24, 2.45) is 0 Å². The van der Waals surface area contributed by atoms with Crippen LogP contribution in [0.15, 0.2) is 0 Å². The van der Waals surface area contributed by atoms with Crippen LogP contribution in [0, 0.1) is 0 Å². The fraction of sp³-hybridized carbons (Fsp3) is 0.818. The predicted octanol–water partition coefficient (Wildman–Crippen LogP) is -4.96. The lowest BCUT2D eigenvalue weighted by molar-refractivity contribution is -0.137. The van der Waals surface area contributed by atoms with Gasteiger partial charge in [0.05, 0.1) is 13.2 Å². The molecule has 0 bridgehead atoms. The van der Waals surface area contributed by atoms with Gasteiger partial charge in [-0.1, -0.05) is 0 Å². The Morgan fingerprint density at radius 3 is 1.88 bits per heavy atom. The molecule has 0 radical (unpaired) electrons. The Kier molecular flexibility index (Phi) is 10.6. The first-order chi connectivity index (χ1) is 11.5. The van der Waals surface area contributed by atoms with Crippen LogP contribution in [0.2, 0.25) is 0 Å². The van der Waals surface area contributed by atoms with Crippen LogP contribution in [-0.4, -0.2) is 109 Å². The summed E-state index contributed by atoms with van der Waals surface area (Å²) in [5.41, 5.74) is 0. The summed E-state index contributed by atoms with van der Waals surface area (Å²) in [6, 6.07) is 0. The summed E-state index contributed by atoms with van der Waals surface area (Å²) < 4.78 is 20.1. The van der Waals surface area contributed by atoms with Crippen molar-refractivity contribution in [1.29, 1.82) is 0 Å². The third-order valence-corrected chi connectivity index (χ3v) is 3.93. The predicted molar refractivity (Wildman–Crippen MR) is 75.9 cm³/mol. The fourth-order valence-electron chi connectivity index (χ4n) is 1.46. The number of aliphatic hydroxyl groups is 7. The van der Waals surface area contributed by atoms with Gasteiger partial charge in [0, 0.05) is 0 Å². The molecule has 0 aliphatic rings. The number of hydrogen-bond donors (Lipinski definition) is 8. The minimum Gasteiger partial charge on any atom is -0.394 e. The molecule has 0 aromatic heterocycles. The van der Waals surface area contributed by atoms with E-state index < -0.39 is 63.8 Å². The Balaban J connectivity index is 4.72. The van der Waals surface area contributed by atoms with E-state index in [1.54, 1.807) is 0 Å². The van der Waals surface area contributed by atoms with Crippen molar-refractivity contribution in [3.63, 3.8) is 0 Å². The Morgan fingerprint density at radius 1 is 0.880 bits per heavy atom. The highest BCUT2D eigenvalue weighted by Gasteiger charge is 2.36. The summed E-state index contributed by atoms with van der Waals surface area (Å²) in [6.07, 6.45) is -14.6. The van der Waals surface area contributed by atoms with Gasteiger partial charge < -0.3 is 50.2 Å². The average Bonchev–Trinajstić information content (AvgIpc) is 2.60. The van der Waals surface area contributed by atoms with Crippen LogP contribution in [0.5, 0.6) is 0 Å². The fourth-order valence-corrected chi connectivity index (χ4v) is 2.34. The van der Waals surface area contributed by atoms with Gasteiger partial charge in [-0.15, -0.1) is 0 Å². The number of aldehydes is 2. The molecule has 14 heteroatoms. The molecule has 0 aromatic carbocycles. The van der Waals surface area contributed by atoms with E-state index in [4.69, 9.17) is 15.3 Å². The number of carbonyl (C=O) groups is 2. The van der Waals surface area contributed by atoms with E-state index in [9.17, 15) is 39.5 Å². The molecule has 0 saturated heterocycles. The molecule has 0 aliphatic carbocycles. The zero-order valence-electron chi connectivity index (χ0n) is 12.7. The molecule has 0 saturated carbocycles. The third kappa shape index (κ3) is 7.94. The highest BCUT2D eigenvalue weighted by Crippen LogP contribution is 2.45. The molecule has 8 atom stereocenters. The molecule has 0 aliphatic heterocycles. The first kappa shape index (κ1) is 24.2. The summed E-state index contributed by atoms with van der Waals surface area (Å²) in [5.74, 6) is 0. The topological polar surface area (TPSA) is 232 Å². The lowest BCUT2D eigenvalue weighted by Crippen LogP contribution is -2.46. The first-order valence-electron chi connectivity index (χ1n) is 6.76. The van der Waals surface area contributed by atoms with Gasteiger partial charge in [-0.25, -0.2) is 4.57 Å². The molecule has 148 valence electrons. The van der Waals surface area contributed by atoms with Gasteiger partial charge in [0.25, 0.3) is 0 Å².